The van der Waals surface area contributed by atoms with Crippen molar-refractivity contribution in [2.75, 3.05) is 0 Å². The van der Waals surface area contributed by atoms with Crippen LogP contribution in [0, 0.1) is 27.7 Å². The quantitative estimate of drug-likeness (QED) is 0.628. The molecule has 1 aromatic carbocycles. The standard InChI is InChI=1S/C13H11ClF2N2O2/c1-6(2)3-10-13(18(19)20)12(14)11-8(16)4-7(15)5-9(11)17-10/h4-6H,3H2,1-2H3. The molecular formula is C13H11ClF2N2O2. The van der Waals surface area contributed by atoms with Gasteiger partial charge in [0.05, 0.1) is 15.8 Å². The molecule has 2 aromatic rings. The van der Waals surface area contributed by atoms with E-state index in [2.05, 4.69) is 4.98 Å². The summed E-state index contributed by atoms with van der Waals surface area (Å²) in [5.41, 5.74) is -0.306. The Morgan fingerprint density at radius 1 is 1.40 bits per heavy atom. The Hall–Kier alpha value is -1.82. The lowest BCUT2D eigenvalue weighted by Gasteiger charge is -2.09. The fraction of sp³-hybridized carbons (Fsp3) is 0.308. The minimum atomic E-state index is -0.961. The van der Waals surface area contributed by atoms with Gasteiger partial charge in [-0.3, -0.25) is 10.1 Å². The van der Waals surface area contributed by atoms with Crippen molar-refractivity contribution in [3.05, 3.63) is 44.6 Å². The number of hydrogen-bond acceptors (Lipinski definition) is 3. The van der Waals surface area contributed by atoms with Crippen LogP contribution in [0.3, 0.4) is 0 Å². The van der Waals surface area contributed by atoms with E-state index < -0.39 is 22.2 Å². The Morgan fingerprint density at radius 2 is 2.05 bits per heavy atom. The molecule has 0 aliphatic heterocycles. The average molecular weight is 301 g/mol. The Balaban J connectivity index is 2.85. The van der Waals surface area contributed by atoms with Crippen LogP contribution in [0.15, 0.2) is 12.1 Å². The van der Waals surface area contributed by atoms with Gasteiger partial charge in [0.1, 0.15) is 22.4 Å². The van der Waals surface area contributed by atoms with Gasteiger partial charge in [0.2, 0.25) is 0 Å². The topological polar surface area (TPSA) is 56.0 Å². The molecule has 0 saturated carbocycles. The molecule has 2 rings (SSSR count). The van der Waals surface area contributed by atoms with Gasteiger partial charge in [0, 0.05) is 12.1 Å². The lowest BCUT2D eigenvalue weighted by Crippen LogP contribution is -2.05. The van der Waals surface area contributed by atoms with Crippen LogP contribution in [0.4, 0.5) is 14.5 Å². The highest BCUT2D eigenvalue weighted by Gasteiger charge is 2.26. The van der Waals surface area contributed by atoms with Gasteiger partial charge in [0.15, 0.2) is 0 Å². The summed E-state index contributed by atoms with van der Waals surface area (Å²) >= 11 is 5.94. The molecule has 0 aliphatic carbocycles. The van der Waals surface area contributed by atoms with Crippen molar-refractivity contribution in [1.29, 1.82) is 0 Å². The number of fused-ring (bicyclic) bond motifs is 1. The van der Waals surface area contributed by atoms with Crippen molar-refractivity contribution in [1.82, 2.24) is 4.98 Å². The van der Waals surface area contributed by atoms with Crippen LogP contribution in [-0.4, -0.2) is 9.91 Å². The normalized spacial score (nSPS) is 11.3. The van der Waals surface area contributed by atoms with Crippen LogP contribution in [0.1, 0.15) is 19.5 Å². The van der Waals surface area contributed by atoms with Crippen LogP contribution < -0.4 is 0 Å². The first-order valence-corrected chi connectivity index (χ1v) is 6.30. The van der Waals surface area contributed by atoms with Gasteiger partial charge < -0.3 is 0 Å². The van der Waals surface area contributed by atoms with Crippen molar-refractivity contribution >= 4 is 28.2 Å². The summed E-state index contributed by atoms with van der Waals surface area (Å²) in [6, 6.07) is 1.64. The third-order valence-corrected chi connectivity index (χ3v) is 3.14. The van der Waals surface area contributed by atoms with E-state index in [0.717, 1.165) is 6.07 Å². The summed E-state index contributed by atoms with van der Waals surface area (Å²) in [5, 5.41) is 10.6. The second-order valence-electron chi connectivity index (χ2n) is 4.86. The smallest absolute Gasteiger partial charge is 0.258 e. The third-order valence-electron chi connectivity index (χ3n) is 2.77. The fourth-order valence-electron chi connectivity index (χ4n) is 2.02. The summed E-state index contributed by atoms with van der Waals surface area (Å²) in [6.07, 6.45) is 0.296. The predicted molar refractivity (Wildman–Crippen MR) is 71.9 cm³/mol. The molecular weight excluding hydrogens is 290 g/mol. The number of nitro groups is 1. The number of halogens is 3. The molecule has 0 fully saturated rings. The minimum Gasteiger partial charge on any atom is -0.258 e. The number of aromatic nitrogens is 1. The Morgan fingerprint density at radius 3 is 2.60 bits per heavy atom. The lowest BCUT2D eigenvalue weighted by atomic mass is 10.0. The number of hydrogen-bond donors (Lipinski definition) is 0. The highest BCUT2D eigenvalue weighted by molar-refractivity contribution is 6.37. The van der Waals surface area contributed by atoms with E-state index in [1.807, 2.05) is 13.8 Å². The molecule has 0 saturated heterocycles. The summed E-state index contributed by atoms with van der Waals surface area (Å²) < 4.78 is 27.0. The molecule has 106 valence electrons. The molecule has 1 aromatic heterocycles. The van der Waals surface area contributed by atoms with Gasteiger partial charge in [-0.05, 0) is 12.3 Å². The van der Waals surface area contributed by atoms with Crippen molar-refractivity contribution in [2.24, 2.45) is 5.92 Å². The molecule has 7 heteroatoms. The zero-order valence-electron chi connectivity index (χ0n) is 10.8. The van der Waals surface area contributed by atoms with Crippen LogP contribution >= 0.6 is 11.6 Å². The largest absolute Gasteiger partial charge is 0.309 e. The van der Waals surface area contributed by atoms with E-state index in [4.69, 9.17) is 11.6 Å². The van der Waals surface area contributed by atoms with Crippen LogP contribution in [-0.2, 0) is 6.42 Å². The van der Waals surface area contributed by atoms with E-state index in [-0.39, 0.29) is 27.5 Å². The number of nitrogens with zero attached hydrogens (tertiary/aromatic N) is 2. The molecule has 0 amide bonds. The molecule has 20 heavy (non-hydrogen) atoms. The minimum absolute atomic E-state index is 0.0197. The first-order chi connectivity index (χ1) is 9.31. The fourth-order valence-corrected chi connectivity index (χ4v) is 2.39. The van der Waals surface area contributed by atoms with Gasteiger partial charge in [0.25, 0.3) is 0 Å². The van der Waals surface area contributed by atoms with E-state index in [0.29, 0.717) is 12.5 Å². The first-order valence-electron chi connectivity index (χ1n) is 5.92. The second-order valence-corrected chi connectivity index (χ2v) is 5.24. The van der Waals surface area contributed by atoms with Gasteiger partial charge in [-0.1, -0.05) is 25.4 Å². The van der Waals surface area contributed by atoms with Crippen LogP contribution in [0.2, 0.25) is 5.02 Å². The lowest BCUT2D eigenvalue weighted by molar-refractivity contribution is -0.385. The number of pyridine rings is 1. The summed E-state index contributed by atoms with van der Waals surface area (Å²) in [5.74, 6) is -1.67. The van der Waals surface area contributed by atoms with Gasteiger partial charge in [-0.15, -0.1) is 0 Å². The molecule has 0 N–H and O–H groups in total. The maximum atomic E-state index is 13.8. The third kappa shape index (κ3) is 2.56. The zero-order valence-corrected chi connectivity index (χ0v) is 11.5. The van der Waals surface area contributed by atoms with Gasteiger partial charge in [-0.25, -0.2) is 13.8 Å². The van der Waals surface area contributed by atoms with Crippen molar-refractivity contribution in [3.8, 4) is 0 Å². The van der Waals surface area contributed by atoms with Crippen LogP contribution in [0.25, 0.3) is 10.9 Å². The molecule has 0 spiro atoms. The van der Waals surface area contributed by atoms with Gasteiger partial charge in [-0.2, -0.15) is 0 Å². The van der Waals surface area contributed by atoms with Gasteiger partial charge >= 0.3 is 5.69 Å². The van der Waals surface area contributed by atoms with E-state index in [1.54, 1.807) is 0 Å². The average Bonchev–Trinajstić information content (AvgIpc) is 2.25. The van der Waals surface area contributed by atoms with Crippen molar-refractivity contribution in [3.63, 3.8) is 0 Å². The summed E-state index contributed by atoms with van der Waals surface area (Å²) in [7, 11) is 0. The first kappa shape index (κ1) is 14.6. The second kappa shape index (κ2) is 5.28. The molecule has 4 nitrogen and oxygen atoms in total. The molecule has 0 atom stereocenters. The highest BCUT2D eigenvalue weighted by Crippen LogP contribution is 2.36. The predicted octanol–water partition coefficient (Wildman–Crippen LogP) is 4.27. The Bertz CT molecular complexity index is 705. The SMILES string of the molecule is CC(C)Cc1nc2cc(F)cc(F)c2c(Cl)c1[N+](=O)[O-]. The maximum absolute atomic E-state index is 13.8. The van der Waals surface area contributed by atoms with Crippen molar-refractivity contribution < 1.29 is 13.7 Å². The molecule has 1 heterocycles. The molecule has 0 aliphatic rings. The Kier molecular flexibility index (Phi) is 3.85. The Labute approximate surface area is 118 Å². The number of benzene rings is 1. The molecule has 0 unspecified atom stereocenters. The zero-order chi connectivity index (χ0) is 15.0. The van der Waals surface area contributed by atoms with E-state index in [9.17, 15) is 18.9 Å². The highest BCUT2D eigenvalue weighted by atomic mass is 35.5. The monoisotopic (exact) mass is 300 g/mol. The summed E-state index contributed by atoms with van der Waals surface area (Å²) in [6.45, 7) is 3.71. The van der Waals surface area contributed by atoms with Crippen molar-refractivity contribution in [2.45, 2.75) is 20.3 Å². The maximum Gasteiger partial charge on any atom is 0.309 e. The summed E-state index contributed by atoms with van der Waals surface area (Å²) in [4.78, 5) is 14.5. The van der Waals surface area contributed by atoms with Crippen LogP contribution in [0.5, 0.6) is 0 Å². The molecule has 0 radical (unpaired) electrons. The molecule has 0 bridgehead atoms. The number of rotatable bonds is 3. The van der Waals surface area contributed by atoms with E-state index in [1.165, 1.54) is 0 Å². The van der Waals surface area contributed by atoms with E-state index >= 15 is 0 Å².